The van der Waals surface area contributed by atoms with E-state index >= 15 is 0 Å². The van der Waals surface area contributed by atoms with E-state index in [0.29, 0.717) is 23.4 Å². The topological polar surface area (TPSA) is 64.5 Å². The highest BCUT2D eigenvalue weighted by molar-refractivity contribution is 6.04. The molecule has 9 rings (SSSR count). The van der Waals surface area contributed by atoms with Gasteiger partial charge in [-0.3, -0.25) is 4.98 Å². The van der Waals surface area contributed by atoms with Crippen molar-refractivity contribution in [2.24, 2.45) is 0 Å². The monoisotopic (exact) mass is 695 g/mol. The van der Waals surface area contributed by atoms with Gasteiger partial charge in [0.2, 0.25) is 0 Å². The summed E-state index contributed by atoms with van der Waals surface area (Å²) < 4.78 is 0. The summed E-state index contributed by atoms with van der Waals surface area (Å²) >= 11 is 0. The van der Waals surface area contributed by atoms with Crippen LogP contribution in [0.3, 0.4) is 0 Å². The van der Waals surface area contributed by atoms with Crippen LogP contribution in [0.5, 0.6) is 0 Å². The van der Waals surface area contributed by atoms with E-state index in [9.17, 15) is 0 Å². The number of benzene rings is 6. The molecule has 0 radical (unpaired) electrons. The van der Waals surface area contributed by atoms with Crippen molar-refractivity contribution in [1.29, 1.82) is 0 Å². The lowest BCUT2D eigenvalue weighted by Crippen LogP contribution is -2.00. The van der Waals surface area contributed by atoms with Gasteiger partial charge in [-0.15, -0.1) is 0 Å². The lowest BCUT2D eigenvalue weighted by Gasteiger charge is -2.13. The number of rotatable bonds is 7. The van der Waals surface area contributed by atoms with Crippen molar-refractivity contribution in [3.63, 3.8) is 0 Å². The van der Waals surface area contributed by atoms with Gasteiger partial charge in [0.05, 0.1) is 16.7 Å². The number of hydrogen-bond donors (Lipinski definition) is 0. The zero-order valence-corrected chi connectivity index (χ0v) is 30.4. The maximum atomic E-state index is 5.17. The van der Waals surface area contributed by atoms with Crippen molar-refractivity contribution in [2.45, 2.75) is 26.7 Å². The van der Waals surface area contributed by atoms with E-state index in [0.717, 1.165) is 66.8 Å². The molecule has 0 aliphatic carbocycles. The van der Waals surface area contributed by atoms with Crippen molar-refractivity contribution in [3.05, 3.63) is 175 Å². The molecule has 54 heavy (non-hydrogen) atoms. The van der Waals surface area contributed by atoms with Gasteiger partial charge in [-0.25, -0.2) is 19.9 Å². The quantitative estimate of drug-likeness (QED) is 0.155. The molecule has 0 amide bonds. The number of hydrogen-bond acceptors (Lipinski definition) is 5. The third-order valence-electron chi connectivity index (χ3n) is 9.97. The average Bonchev–Trinajstić information content (AvgIpc) is 3.24. The van der Waals surface area contributed by atoms with Crippen molar-refractivity contribution in [3.8, 4) is 67.7 Å². The molecular formula is C49H37N5. The van der Waals surface area contributed by atoms with Gasteiger partial charge in [0, 0.05) is 38.7 Å². The molecule has 0 spiro atoms. The molecule has 258 valence electrons. The van der Waals surface area contributed by atoms with Crippen LogP contribution in [-0.2, 0) is 0 Å². The molecule has 0 bridgehead atoms. The van der Waals surface area contributed by atoms with Crippen LogP contribution < -0.4 is 0 Å². The Labute approximate surface area is 315 Å². The predicted molar refractivity (Wildman–Crippen MR) is 222 cm³/mol. The molecule has 0 aliphatic rings. The van der Waals surface area contributed by atoms with Crippen LogP contribution in [0.4, 0.5) is 0 Å². The normalized spacial score (nSPS) is 11.4. The molecule has 0 fully saturated rings. The molecule has 0 unspecified atom stereocenters. The number of aryl methyl sites for hydroxylation is 1. The molecule has 3 heterocycles. The molecule has 5 heteroatoms. The first-order valence-corrected chi connectivity index (χ1v) is 18.4. The summed E-state index contributed by atoms with van der Waals surface area (Å²) in [5.41, 5.74) is 13.5. The Kier molecular flexibility index (Phi) is 8.52. The van der Waals surface area contributed by atoms with E-state index in [1.165, 1.54) is 16.5 Å². The van der Waals surface area contributed by atoms with Gasteiger partial charge < -0.3 is 0 Å². The lowest BCUT2D eigenvalue weighted by molar-refractivity contribution is 0.871. The van der Waals surface area contributed by atoms with Crippen molar-refractivity contribution in [1.82, 2.24) is 24.9 Å². The second-order valence-corrected chi connectivity index (χ2v) is 14.0. The maximum absolute atomic E-state index is 5.17. The summed E-state index contributed by atoms with van der Waals surface area (Å²) in [5.74, 6) is 2.30. The summed E-state index contributed by atoms with van der Waals surface area (Å²) in [4.78, 5) is 25.1. The Bertz CT molecular complexity index is 2780. The van der Waals surface area contributed by atoms with Crippen LogP contribution in [-0.4, -0.2) is 24.9 Å². The van der Waals surface area contributed by atoms with Gasteiger partial charge in [-0.1, -0.05) is 159 Å². The second-order valence-electron chi connectivity index (χ2n) is 14.0. The molecule has 0 atom stereocenters. The van der Waals surface area contributed by atoms with Crippen LogP contribution in [0.1, 0.15) is 31.0 Å². The standard InChI is InChI=1S/C49H37N5/c1-31(2)43-29-32(3)50-46-42(43)27-25-37-26-28-44(51-45(37)46)36-21-17-35(18-22-36)40-15-10-16-41(30-40)49-53-47(38-13-8-5-9-14-38)52-48(54-49)39-23-19-34(20-24-39)33-11-6-4-7-12-33/h4-31H,1-3H3. The van der Waals surface area contributed by atoms with Gasteiger partial charge in [0.25, 0.3) is 0 Å². The van der Waals surface area contributed by atoms with Crippen LogP contribution in [0.15, 0.2) is 164 Å². The fourth-order valence-electron chi connectivity index (χ4n) is 7.13. The molecule has 0 saturated heterocycles. The largest absolute Gasteiger partial charge is 0.251 e. The Balaban J connectivity index is 1.06. The average molecular weight is 696 g/mol. The molecule has 5 nitrogen and oxygen atoms in total. The molecule has 0 saturated carbocycles. The smallest absolute Gasteiger partial charge is 0.164 e. The van der Waals surface area contributed by atoms with Gasteiger partial charge in [0.15, 0.2) is 17.5 Å². The minimum absolute atomic E-state index is 0.400. The minimum Gasteiger partial charge on any atom is -0.251 e. The molecule has 3 aromatic heterocycles. The molecule has 9 aromatic rings. The highest BCUT2D eigenvalue weighted by Crippen LogP contribution is 2.33. The van der Waals surface area contributed by atoms with E-state index in [1.54, 1.807) is 0 Å². The minimum atomic E-state index is 0.400. The van der Waals surface area contributed by atoms with E-state index in [-0.39, 0.29) is 0 Å². The Morgan fingerprint density at radius 1 is 0.370 bits per heavy atom. The van der Waals surface area contributed by atoms with Crippen LogP contribution in [0.25, 0.3) is 89.5 Å². The Morgan fingerprint density at radius 2 is 0.870 bits per heavy atom. The second kappa shape index (κ2) is 13.9. The summed E-state index contributed by atoms with van der Waals surface area (Å²) in [7, 11) is 0. The van der Waals surface area contributed by atoms with Crippen LogP contribution in [0, 0.1) is 6.92 Å². The van der Waals surface area contributed by atoms with Gasteiger partial charge in [-0.2, -0.15) is 0 Å². The first-order valence-electron chi connectivity index (χ1n) is 18.4. The summed E-state index contributed by atoms with van der Waals surface area (Å²) in [5, 5.41) is 2.26. The number of aromatic nitrogens is 5. The number of nitrogens with zero attached hydrogens (tertiary/aromatic N) is 5. The Morgan fingerprint density at radius 3 is 1.54 bits per heavy atom. The van der Waals surface area contributed by atoms with E-state index in [2.05, 4.69) is 148 Å². The van der Waals surface area contributed by atoms with Crippen LogP contribution in [0.2, 0.25) is 0 Å². The van der Waals surface area contributed by atoms with Gasteiger partial charge in [0.1, 0.15) is 0 Å². The third kappa shape index (κ3) is 6.41. The van der Waals surface area contributed by atoms with Crippen LogP contribution >= 0.6 is 0 Å². The molecule has 0 N–H and O–H groups in total. The third-order valence-corrected chi connectivity index (χ3v) is 9.97. The van der Waals surface area contributed by atoms with Crippen molar-refractivity contribution in [2.75, 3.05) is 0 Å². The molecule has 0 aliphatic heterocycles. The maximum Gasteiger partial charge on any atom is 0.164 e. The Hall–Kier alpha value is -6.85. The lowest BCUT2D eigenvalue weighted by atomic mass is 9.96. The number of fused-ring (bicyclic) bond motifs is 3. The van der Waals surface area contributed by atoms with E-state index in [1.807, 2.05) is 36.4 Å². The van der Waals surface area contributed by atoms with Crippen molar-refractivity contribution < 1.29 is 0 Å². The molecule has 6 aromatic carbocycles. The fourth-order valence-corrected chi connectivity index (χ4v) is 7.13. The fraction of sp³-hybridized carbons (Fsp3) is 0.0816. The van der Waals surface area contributed by atoms with E-state index in [4.69, 9.17) is 24.9 Å². The zero-order chi connectivity index (χ0) is 36.6. The first kappa shape index (κ1) is 33.0. The van der Waals surface area contributed by atoms with Gasteiger partial charge >= 0.3 is 0 Å². The highest BCUT2D eigenvalue weighted by Gasteiger charge is 2.15. The van der Waals surface area contributed by atoms with Crippen molar-refractivity contribution >= 4 is 21.8 Å². The summed E-state index contributed by atoms with van der Waals surface area (Å²) in [6, 6.07) is 56.7. The number of pyridine rings is 2. The first-order chi connectivity index (χ1) is 26.5. The van der Waals surface area contributed by atoms with E-state index < -0.39 is 0 Å². The molecular weight excluding hydrogens is 659 g/mol. The summed E-state index contributed by atoms with van der Waals surface area (Å²) in [6.45, 7) is 6.53. The van der Waals surface area contributed by atoms with Gasteiger partial charge in [-0.05, 0) is 58.9 Å². The highest BCUT2D eigenvalue weighted by atomic mass is 15.0. The zero-order valence-electron chi connectivity index (χ0n) is 30.4. The summed E-state index contributed by atoms with van der Waals surface area (Å²) in [6.07, 6.45) is 0. The predicted octanol–water partition coefficient (Wildman–Crippen LogP) is 12.4. The SMILES string of the molecule is Cc1cc(C(C)C)c2ccc3ccc(-c4ccc(-c5cccc(-c6nc(-c7ccccc7)nc(-c7ccc(-c8ccccc8)cc7)n6)c5)cc4)nc3c2n1.